The van der Waals surface area contributed by atoms with E-state index >= 15 is 0 Å². The molecule has 0 atom stereocenters. The summed E-state index contributed by atoms with van der Waals surface area (Å²) in [5.41, 5.74) is 0. The summed E-state index contributed by atoms with van der Waals surface area (Å²) in [5.74, 6) is 0. The van der Waals surface area contributed by atoms with Crippen LogP contribution >= 0.6 is 11.3 Å². The molecule has 0 unspecified atom stereocenters. The van der Waals surface area contributed by atoms with Crippen LogP contribution in [0.2, 0.25) is 0 Å². The van der Waals surface area contributed by atoms with Gasteiger partial charge in [-0.1, -0.05) is 12.1 Å². The Morgan fingerprint density at radius 3 is 1.50 bits per heavy atom. The second kappa shape index (κ2) is 4.62. The van der Waals surface area contributed by atoms with E-state index in [0.717, 1.165) is 0 Å². The second-order valence-corrected chi connectivity index (χ2v) is 2.80. The van der Waals surface area contributed by atoms with Crippen molar-refractivity contribution in [2.75, 3.05) is 0 Å². The SMILES string of the molecule is [O-][Cl+3]([O-])([O-])O.c1ccsc1. The molecule has 0 aliphatic carbocycles. The predicted octanol–water partition coefficient (Wildman–Crippen LogP) is -2.38. The highest BCUT2D eigenvalue weighted by molar-refractivity contribution is 7.07. The predicted molar refractivity (Wildman–Crippen MR) is 26.5 cm³/mol. The van der Waals surface area contributed by atoms with Crippen LogP contribution in [-0.4, -0.2) is 4.66 Å². The molecule has 1 aromatic rings. The first-order chi connectivity index (χ1) is 4.50. The van der Waals surface area contributed by atoms with Crippen molar-refractivity contribution in [3.63, 3.8) is 0 Å². The molecule has 0 aliphatic rings. The largest absolute Gasteiger partial charge is 0.183 e. The Morgan fingerprint density at radius 2 is 1.40 bits per heavy atom. The highest BCUT2D eigenvalue weighted by atomic mass is 35.7. The highest BCUT2D eigenvalue weighted by Crippen LogP contribution is 1.91. The molecule has 1 rings (SSSR count). The molecular formula is C4H5ClO4S. The topological polar surface area (TPSA) is 89.4 Å². The van der Waals surface area contributed by atoms with Crippen LogP contribution in [0.3, 0.4) is 0 Å². The van der Waals surface area contributed by atoms with Gasteiger partial charge in [0.05, 0.1) is 14.9 Å². The average Bonchev–Trinajstić information content (AvgIpc) is 2.07. The van der Waals surface area contributed by atoms with Gasteiger partial charge in [0.25, 0.3) is 0 Å². The Hall–Kier alpha value is -0.170. The van der Waals surface area contributed by atoms with E-state index in [1.165, 1.54) is 0 Å². The van der Waals surface area contributed by atoms with Gasteiger partial charge >= 0.3 is 0 Å². The summed E-state index contributed by atoms with van der Waals surface area (Å²) in [6.45, 7) is 0. The summed E-state index contributed by atoms with van der Waals surface area (Å²) in [5, 5.41) is 4.08. The van der Waals surface area contributed by atoms with Gasteiger partial charge < -0.3 is 0 Å². The van der Waals surface area contributed by atoms with Crippen LogP contribution in [0.15, 0.2) is 22.9 Å². The lowest BCUT2D eigenvalue weighted by Crippen LogP contribution is -2.58. The molecule has 4 nitrogen and oxygen atoms in total. The summed E-state index contributed by atoms with van der Waals surface area (Å²) in [6.07, 6.45) is 0. The average molecular weight is 185 g/mol. The number of hydrogen-bond donors (Lipinski definition) is 1. The molecule has 0 aromatic carbocycles. The number of halogens is 1. The van der Waals surface area contributed by atoms with Gasteiger partial charge in [0.15, 0.2) is 0 Å². The van der Waals surface area contributed by atoms with Crippen LogP contribution < -0.4 is 14.0 Å². The summed E-state index contributed by atoms with van der Waals surface area (Å²) in [4.78, 5) is 0. The van der Waals surface area contributed by atoms with Crippen molar-refractivity contribution >= 4 is 11.3 Å². The maximum atomic E-state index is 8.60. The first-order valence-corrected chi connectivity index (χ1v) is 4.31. The van der Waals surface area contributed by atoms with Gasteiger partial charge in [-0.05, 0) is 10.8 Å². The number of rotatable bonds is 0. The Kier molecular flexibility index (Phi) is 4.54. The van der Waals surface area contributed by atoms with Crippen LogP contribution in [0.4, 0.5) is 0 Å². The van der Waals surface area contributed by atoms with Crippen molar-refractivity contribution in [1.29, 1.82) is 0 Å². The lowest BCUT2D eigenvalue weighted by atomic mass is 10.7. The lowest BCUT2D eigenvalue weighted by Gasteiger charge is -2.03. The van der Waals surface area contributed by atoms with Crippen LogP contribution in [0, 0.1) is 10.2 Å². The minimum absolute atomic E-state index is 1.71. The maximum absolute atomic E-state index is 8.60. The smallest absolute Gasteiger partial charge is 0.0777 e. The number of thiophene rings is 1. The van der Waals surface area contributed by atoms with Gasteiger partial charge in [0.1, 0.15) is 0 Å². The molecule has 0 amide bonds. The summed E-state index contributed by atoms with van der Waals surface area (Å²) in [6, 6.07) is 4.04. The third kappa shape index (κ3) is 15.7. The van der Waals surface area contributed by atoms with Crippen molar-refractivity contribution in [3.05, 3.63) is 22.9 Å². The summed E-state index contributed by atoms with van der Waals surface area (Å²) in [7, 11) is -4.69. The molecule has 0 radical (unpaired) electrons. The third-order valence-corrected chi connectivity index (χ3v) is 1.05. The van der Waals surface area contributed by atoms with Crippen molar-refractivity contribution in [2.24, 2.45) is 0 Å². The number of hydrogen-bond acceptors (Lipinski definition) is 5. The molecule has 0 saturated carbocycles. The molecule has 1 aromatic heterocycles. The normalized spacial score (nSPS) is 10.0. The van der Waals surface area contributed by atoms with Crippen molar-refractivity contribution < 1.29 is 28.9 Å². The molecule has 0 spiro atoms. The lowest BCUT2D eigenvalue weighted by molar-refractivity contribution is -1.92. The van der Waals surface area contributed by atoms with Crippen LogP contribution in [0.1, 0.15) is 0 Å². The Bertz CT molecular complexity index is 124. The maximum Gasteiger partial charge on any atom is 0.0777 e. The fraction of sp³-hybridized carbons (Fsp3) is 0. The molecule has 0 saturated heterocycles. The fourth-order valence-electron chi connectivity index (χ4n) is 0.227. The standard InChI is InChI=1S/C4H4S.ClHO4/c1-2-4-5-3-1;2-1(3,4)5/h1-4H;(H,2,3,4,5). The zero-order chi connectivity index (χ0) is 8.04. The van der Waals surface area contributed by atoms with Crippen molar-refractivity contribution in [1.82, 2.24) is 0 Å². The van der Waals surface area contributed by atoms with Crippen LogP contribution in [-0.2, 0) is 0 Å². The molecule has 10 heavy (non-hydrogen) atoms. The first-order valence-electron chi connectivity index (χ1n) is 2.10. The summed E-state index contributed by atoms with van der Waals surface area (Å²) >= 11 is 1.71. The Morgan fingerprint density at radius 1 is 1.10 bits per heavy atom. The molecule has 0 fully saturated rings. The molecule has 1 N–H and O–H groups in total. The van der Waals surface area contributed by atoms with Gasteiger partial charge in [-0.25, -0.2) is 0 Å². The third-order valence-electron chi connectivity index (χ3n) is 0.425. The Balaban J connectivity index is 0.000000162. The van der Waals surface area contributed by atoms with Crippen LogP contribution in [0.5, 0.6) is 0 Å². The van der Waals surface area contributed by atoms with E-state index in [1.54, 1.807) is 11.3 Å². The molecular weight excluding hydrogens is 180 g/mol. The molecule has 6 heteroatoms. The van der Waals surface area contributed by atoms with E-state index in [1.807, 2.05) is 22.9 Å². The van der Waals surface area contributed by atoms with E-state index in [4.69, 9.17) is 18.6 Å². The quantitative estimate of drug-likeness (QED) is 0.488. The van der Waals surface area contributed by atoms with E-state index in [2.05, 4.69) is 0 Å². The van der Waals surface area contributed by atoms with E-state index in [-0.39, 0.29) is 0 Å². The summed E-state index contributed by atoms with van der Waals surface area (Å²) < 4.78 is 32.7. The molecule has 1 heterocycles. The monoisotopic (exact) mass is 184 g/mol. The van der Waals surface area contributed by atoms with Crippen molar-refractivity contribution in [3.8, 4) is 0 Å². The fourth-order valence-corrected chi connectivity index (χ4v) is 0.680. The zero-order valence-corrected chi connectivity index (χ0v) is 6.34. The molecule has 0 bridgehead atoms. The van der Waals surface area contributed by atoms with Gasteiger partial charge in [-0.2, -0.15) is 25.3 Å². The first kappa shape index (κ1) is 9.83. The molecule has 58 valence electrons. The van der Waals surface area contributed by atoms with Gasteiger partial charge in [-0.3, -0.25) is 0 Å². The van der Waals surface area contributed by atoms with E-state index in [0.29, 0.717) is 0 Å². The van der Waals surface area contributed by atoms with Gasteiger partial charge in [0.2, 0.25) is 0 Å². The van der Waals surface area contributed by atoms with Gasteiger partial charge in [-0.15, -0.1) is 0 Å². The van der Waals surface area contributed by atoms with E-state index in [9.17, 15) is 0 Å². The zero-order valence-electron chi connectivity index (χ0n) is 4.77. The van der Waals surface area contributed by atoms with Crippen LogP contribution in [0.25, 0.3) is 0 Å². The minimum Gasteiger partial charge on any atom is -0.183 e. The van der Waals surface area contributed by atoms with Gasteiger partial charge in [0, 0.05) is 0 Å². The Labute approximate surface area is 63.7 Å². The van der Waals surface area contributed by atoms with E-state index < -0.39 is 10.2 Å². The second-order valence-electron chi connectivity index (χ2n) is 1.19. The highest BCUT2D eigenvalue weighted by Gasteiger charge is 1.98. The minimum atomic E-state index is -4.69. The van der Waals surface area contributed by atoms with Crippen molar-refractivity contribution in [2.45, 2.75) is 0 Å². The molecule has 0 aliphatic heterocycles.